The van der Waals surface area contributed by atoms with Crippen LogP contribution < -0.4 is 0 Å². The van der Waals surface area contributed by atoms with Crippen LogP contribution in [0.25, 0.3) is 0 Å². The van der Waals surface area contributed by atoms with Gasteiger partial charge in [-0.15, -0.1) is 0 Å². The van der Waals surface area contributed by atoms with Gasteiger partial charge in [0.1, 0.15) is 0 Å². The monoisotopic (exact) mass is 224 g/mol. The van der Waals surface area contributed by atoms with E-state index in [4.69, 9.17) is 0 Å². The first-order chi connectivity index (χ1) is 8.18. The van der Waals surface area contributed by atoms with Gasteiger partial charge in [-0.2, -0.15) is 0 Å². The van der Waals surface area contributed by atoms with Gasteiger partial charge in [-0.05, 0) is 47.6 Å². The zero-order valence-corrected chi connectivity index (χ0v) is 10.7. The lowest BCUT2D eigenvalue weighted by molar-refractivity contribution is -0.0573. The van der Waals surface area contributed by atoms with Crippen LogP contribution in [-0.4, -0.2) is 0 Å². The van der Waals surface area contributed by atoms with Crippen LogP contribution in [0.15, 0.2) is 35.9 Å². The van der Waals surface area contributed by atoms with Crippen LogP contribution in [0.5, 0.6) is 0 Å². The average Bonchev–Trinajstić information content (AvgIpc) is 2.37. The quantitative estimate of drug-likeness (QED) is 0.576. The predicted molar refractivity (Wildman–Crippen MR) is 71.0 cm³/mol. The number of rotatable bonds is 0. The predicted octanol–water partition coefficient (Wildman–Crippen LogP) is 4.32. The molecule has 3 atom stereocenters. The third-order valence-corrected chi connectivity index (χ3v) is 5.80. The van der Waals surface area contributed by atoms with Gasteiger partial charge < -0.3 is 0 Å². The van der Waals surface area contributed by atoms with Crippen molar-refractivity contribution >= 4 is 0 Å². The van der Waals surface area contributed by atoms with E-state index in [1.165, 1.54) is 19.3 Å². The summed E-state index contributed by atoms with van der Waals surface area (Å²) >= 11 is 0. The van der Waals surface area contributed by atoms with E-state index < -0.39 is 0 Å². The Morgan fingerprint density at radius 3 is 2.82 bits per heavy atom. The molecule has 0 saturated heterocycles. The van der Waals surface area contributed by atoms with Gasteiger partial charge in [-0.1, -0.05) is 49.8 Å². The molecule has 0 N–H and O–H groups in total. The van der Waals surface area contributed by atoms with Crippen LogP contribution in [0.3, 0.4) is 0 Å². The Morgan fingerprint density at radius 2 is 2.00 bits per heavy atom. The molecule has 1 aromatic rings. The van der Waals surface area contributed by atoms with Gasteiger partial charge in [-0.3, -0.25) is 0 Å². The van der Waals surface area contributed by atoms with Crippen LogP contribution in [0.4, 0.5) is 0 Å². The summed E-state index contributed by atoms with van der Waals surface area (Å²) < 4.78 is 0. The van der Waals surface area contributed by atoms with Crippen LogP contribution in [0.2, 0.25) is 0 Å². The van der Waals surface area contributed by atoms with Crippen LogP contribution >= 0.6 is 0 Å². The molecule has 0 heteroatoms. The molecule has 4 aliphatic rings. The normalized spacial score (nSPS) is 36.4. The summed E-state index contributed by atoms with van der Waals surface area (Å²) in [7, 11) is 0. The van der Waals surface area contributed by atoms with Crippen LogP contribution in [0, 0.1) is 17.3 Å². The molecule has 1 aromatic carbocycles. The molecule has 4 aliphatic carbocycles. The maximum atomic E-state index is 2.53. The summed E-state index contributed by atoms with van der Waals surface area (Å²) in [4.78, 5) is 0. The van der Waals surface area contributed by atoms with Gasteiger partial charge in [0.2, 0.25) is 0 Å². The van der Waals surface area contributed by atoms with Crippen molar-refractivity contribution in [3.8, 4) is 0 Å². The minimum absolute atomic E-state index is 0.576. The Morgan fingerprint density at radius 1 is 1.18 bits per heavy atom. The fourth-order valence-electron chi connectivity index (χ4n) is 4.53. The minimum Gasteiger partial charge on any atom is -0.0803 e. The second-order valence-electron chi connectivity index (χ2n) is 6.72. The third kappa shape index (κ3) is 1.14. The minimum atomic E-state index is 0.576. The molecule has 0 heterocycles. The van der Waals surface area contributed by atoms with Crippen molar-refractivity contribution in [2.45, 2.75) is 39.0 Å². The molecule has 0 amide bonds. The van der Waals surface area contributed by atoms with Gasteiger partial charge in [0.25, 0.3) is 0 Å². The Bertz CT molecular complexity index is 507. The van der Waals surface area contributed by atoms with Gasteiger partial charge >= 0.3 is 0 Å². The zero-order valence-electron chi connectivity index (χ0n) is 10.7. The molecule has 88 valence electrons. The first kappa shape index (κ1) is 9.94. The fourth-order valence-corrected chi connectivity index (χ4v) is 4.53. The molecule has 0 aliphatic heterocycles. The van der Waals surface area contributed by atoms with Crippen molar-refractivity contribution in [1.82, 2.24) is 0 Å². The highest BCUT2D eigenvalue weighted by molar-refractivity contribution is 5.45. The van der Waals surface area contributed by atoms with Gasteiger partial charge in [-0.25, -0.2) is 0 Å². The summed E-state index contributed by atoms with van der Waals surface area (Å²) in [6, 6.07) is 9.11. The summed E-state index contributed by atoms with van der Waals surface area (Å²) in [6.07, 6.45) is 6.52. The topological polar surface area (TPSA) is 0 Å². The lowest BCUT2D eigenvalue weighted by Gasteiger charge is -2.62. The Hall–Kier alpha value is -1.04. The number of fused-ring (bicyclic) bond motifs is 1. The van der Waals surface area contributed by atoms with Crippen molar-refractivity contribution < 1.29 is 0 Å². The largest absolute Gasteiger partial charge is 0.0803 e. The highest BCUT2D eigenvalue weighted by Gasteiger charge is 2.56. The number of allylic oxidation sites excluding steroid dienone is 2. The lowest BCUT2D eigenvalue weighted by atomic mass is 9.43. The highest BCUT2D eigenvalue weighted by atomic mass is 14.6. The molecule has 0 nitrogen and oxygen atoms in total. The van der Waals surface area contributed by atoms with Crippen molar-refractivity contribution in [1.29, 1.82) is 0 Å². The van der Waals surface area contributed by atoms with Gasteiger partial charge in [0, 0.05) is 5.92 Å². The lowest BCUT2D eigenvalue weighted by Crippen LogP contribution is -2.52. The van der Waals surface area contributed by atoms with Crippen LogP contribution in [0.1, 0.15) is 43.7 Å². The maximum absolute atomic E-state index is 2.53. The highest BCUT2D eigenvalue weighted by Crippen LogP contribution is 2.66. The second kappa shape index (κ2) is 3.04. The summed E-state index contributed by atoms with van der Waals surface area (Å²) in [5.74, 6) is 2.61. The summed E-state index contributed by atoms with van der Waals surface area (Å²) in [5.41, 5.74) is 5.54. The van der Waals surface area contributed by atoms with Crippen molar-refractivity contribution in [2.24, 2.45) is 17.3 Å². The van der Waals surface area contributed by atoms with Crippen molar-refractivity contribution in [3.63, 3.8) is 0 Å². The first-order valence-electron chi connectivity index (χ1n) is 6.94. The fraction of sp³-hybridized carbons (Fsp3) is 0.529. The average molecular weight is 224 g/mol. The molecule has 3 saturated carbocycles. The van der Waals surface area contributed by atoms with E-state index >= 15 is 0 Å². The molecule has 0 aromatic heterocycles. The second-order valence-corrected chi connectivity index (χ2v) is 6.72. The van der Waals surface area contributed by atoms with E-state index in [1.807, 2.05) is 0 Å². The molecular formula is C17H20. The molecule has 17 heavy (non-hydrogen) atoms. The number of hydrogen-bond donors (Lipinski definition) is 0. The molecule has 0 unspecified atom stereocenters. The summed E-state index contributed by atoms with van der Waals surface area (Å²) in [5, 5.41) is 0. The van der Waals surface area contributed by atoms with Gasteiger partial charge in [0.15, 0.2) is 0 Å². The van der Waals surface area contributed by atoms with Crippen molar-refractivity contribution in [2.75, 3.05) is 0 Å². The van der Waals surface area contributed by atoms with E-state index in [0.29, 0.717) is 5.41 Å². The Balaban J connectivity index is 1.84. The molecule has 0 radical (unpaired) electrons. The first-order valence-corrected chi connectivity index (χ1v) is 6.94. The van der Waals surface area contributed by atoms with E-state index in [9.17, 15) is 0 Å². The van der Waals surface area contributed by atoms with Crippen LogP contribution in [-0.2, 0) is 6.42 Å². The molecular weight excluding hydrogens is 204 g/mol. The van der Waals surface area contributed by atoms with E-state index in [-0.39, 0.29) is 0 Å². The summed E-state index contributed by atoms with van der Waals surface area (Å²) in [6.45, 7) is 4.97. The Labute approximate surface area is 104 Å². The van der Waals surface area contributed by atoms with E-state index in [1.54, 1.807) is 16.7 Å². The number of hydrogen-bond acceptors (Lipinski definition) is 0. The molecule has 5 rings (SSSR count). The smallest absolute Gasteiger partial charge is 0.00847 e. The van der Waals surface area contributed by atoms with E-state index in [0.717, 1.165) is 17.8 Å². The van der Waals surface area contributed by atoms with Gasteiger partial charge in [0.05, 0.1) is 0 Å². The standard InChI is InChI=1S/C17H20/c1-17(2)13-9-12-8-7-11-5-3-4-6-14(11)16(12)15(17)10-13/h3-6,8,13,15-16H,7,9-10H2,1-2H3/t13-,15-,16+/m1/s1. The SMILES string of the molecule is CC1(C)[C@@H]2CC3=CCc4ccccc4[C@H]3[C@H]1C2. The third-order valence-electron chi connectivity index (χ3n) is 5.80. The molecule has 0 spiro atoms. The van der Waals surface area contributed by atoms with Crippen molar-refractivity contribution in [3.05, 3.63) is 47.0 Å². The molecule has 2 bridgehead atoms. The number of benzene rings is 1. The maximum Gasteiger partial charge on any atom is 0.00847 e. The van der Waals surface area contributed by atoms with E-state index in [2.05, 4.69) is 44.2 Å². The molecule has 3 fully saturated rings. The zero-order chi connectivity index (χ0) is 11.6. The Kier molecular flexibility index (Phi) is 1.78.